The number of amides is 1. The molecule has 0 radical (unpaired) electrons. The zero-order valence-corrected chi connectivity index (χ0v) is 21.8. The van der Waals surface area contributed by atoms with Crippen LogP contribution in [0.4, 0.5) is 4.39 Å². The number of halogens is 1. The smallest absolute Gasteiger partial charge is 0.284 e. The lowest BCUT2D eigenvalue weighted by Gasteiger charge is -2.56. The molecular formula is C29H42FNO4. The zero-order valence-electron chi connectivity index (χ0n) is 21.8. The van der Waals surface area contributed by atoms with Crippen LogP contribution in [0.1, 0.15) is 78.7 Å². The largest absolute Gasteiger partial charge is 0.343 e. The second-order valence-electron chi connectivity index (χ2n) is 11.7. The van der Waals surface area contributed by atoms with Crippen molar-refractivity contribution in [3.63, 3.8) is 0 Å². The molecule has 194 valence electrons. The van der Waals surface area contributed by atoms with Crippen molar-refractivity contribution in [2.24, 2.45) is 35.5 Å². The highest BCUT2D eigenvalue weighted by atomic mass is 19.1. The summed E-state index contributed by atoms with van der Waals surface area (Å²) >= 11 is 0. The number of carbonyl (C=O) groups is 1. The first kappa shape index (κ1) is 26.3. The first-order chi connectivity index (χ1) is 16.5. The maximum atomic E-state index is 13.0. The van der Waals surface area contributed by atoms with Crippen molar-refractivity contribution in [3.05, 3.63) is 41.8 Å². The Morgan fingerprint density at radius 1 is 1.20 bits per heavy atom. The maximum absolute atomic E-state index is 13.0. The van der Waals surface area contributed by atoms with Gasteiger partial charge in [0.2, 0.25) is 5.91 Å². The standard InChI is InChI=1S/C29H42FNO4/c1-18(2)28(5)16-14-23-19(3)6-11-24-20(4)25(34-29(33,35-28)27(23)24)12-13-26(32)31-17-15-21-7-9-22(30)10-8-21/h7-10,15,17-20,23-25,27,33H,6,11-14,16H2,1-5H3,(H,31,32). The van der Waals surface area contributed by atoms with Crippen LogP contribution in [0.3, 0.4) is 0 Å². The van der Waals surface area contributed by atoms with Crippen LogP contribution in [0.5, 0.6) is 0 Å². The zero-order chi connectivity index (χ0) is 25.4. The van der Waals surface area contributed by atoms with Gasteiger partial charge in [0.25, 0.3) is 5.97 Å². The number of rotatable bonds is 6. The first-order valence-electron chi connectivity index (χ1n) is 13.3. The van der Waals surface area contributed by atoms with Gasteiger partial charge in [-0.3, -0.25) is 4.79 Å². The lowest BCUT2D eigenvalue weighted by Crippen LogP contribution is -2.62. The number of aliphatic hydroxyl groups is 1. The third kappa shape index (κ3) is 5.50. The van der Waals surface area contributed by atoms with Crippen LogP contribution < -0.4 is 5.32 Å². The van der Waals surface area contributed by atoms with Gasteiger partial charge in [-0.25, -0.2) is 4.39 Å². The van der Waals surface area contributed by atoms with Gasteiger partial charge in [0, 0.05) is 18.5 Å². The average molecular weight is 488 g/mol. The van der Waals surface area contributed by atoms with Gasteiger partial charge in [-0.2, -0.15) is 0 Å². The van der Waals surface area contributed by atoms with Gasteiger partial charge in [0.1, 0.15) is 5.82 Å². The normalized spacial score (nSPS) is 39.3. The summed E-state index contributed by atoms with van der Waals surface area (Å²) in [5, 5.41) is 14.7. The van der Waals surface area contributed by atoms with Gasteiger partial charge in [0.05, 0.1) is 11.7 Å². The Morgan fingerprint density at radius 2 is 1.91 bits per heavy atom. The Bertz CT molecular complexity index is 918. The first-order valence-corrected chi connectivity index (χ1v) is 13.3. The maximum Gasteiger partial charge on any atom is 0.284 e. The highest BCUT2D eigenvalue weighted by molar-refractivity contribution is 5.77. The van der Waals surface area contributed by atoms with E-state index in [2.05, 4.69) is 39.9 Å². The molecule has 2 heterocycles. The van der Waals surface area contributed by atoms with E-state index in [1.807, 2.05) is 0 Å². The van der Waals surface area contributed by atoms with Crippen molar-refractivity contribution >= 4 is 12.0 Å². The number of nitrogens with one attached hydrogen (secondary N) is 1. The van der Waals surface area contributed by atoms with E-state index < -0.39 is 11.6 Å². The molecular weight excluding hydrogens is 445 g/mol. The van der Waals surface area contributed by atoms with Gasteiger partial charge in [-0.1, -0.05) is 46.2 Å². The monoisotopic (exact) mass is 487 g/mol. The molecule has 0 bridgehead atoms. The molecule has 0 spiro atoms. The molecule has 4 rings (SSSR count). The number of benzene rings is 1. The molecule has 6 heteroatoms. The predicted octanol–water partition coefficient (Wildman–Crippen LogP) is 5.88. The average Bonchev–Trinajstić information content (AvgIpc) is 2.93. The third-order valence-corrected chi connectivity index (χ3v) is 9.23. The van der Waals surface area contributed by atoms with Crippen LogP contribution >= 0.6 is 0 Å². The number of hydrogen-bond donors (Lipinski definition) is 2. The fourth-order valence-corrected chi connectivity index (χ4v) is 6.60. The second-order valence-corrected chi connectivity index (χ2v) is 11.7. The fraction of sp³-hybridized carbons (Fsp3) is 0.690. The van der Waals surface area contributed by atoms with Crippen molar-refractivity contribution in [2.75, 3.05) is 0 Å². The minimum atomic E-state index is -1.62. The molecule has 2 saturated heterocycles. The van der Waals surface area contributed by atoms with Crippen LogP contribution in [-0.2, 0) is 14.3 Å². The molecule has 3 aliphatic rings. The summed E-state index contributed by atoms with van der Waals surface area (Å²) in [6.45, 7) is 10.9. The highest BCUT2D eigenvalue weighted by Gasteiger charge is 2.62. The second kappa shape index (κ2) is 10.3. The van der Waals surface area contributed by atoms with Gasteiger partial charge in [-0.15, -0.1) is 0 Å². The Labute approximate surface area is 209 Å². The van der Waals surface area contributed by atoms with E-state index in [1.54, 1.807) is 24.4 Å². The Kier molecular flexibility index (Phi) is 7.75. The van der Waals surface area contributed by atoms with Gasteiger partial charge in [-0.05, 0) is 86.0 Å². The van der Waals surface area contributed by atoms with Crippen molar-refractivity contribution in [3.8, 4) is 0 Å². The lowest BCUT2D eigenvalue weighted by molar-refractivity contribution is -0.461. The molecule has 1 amide bonds. The summed E-state index contributed by atoms with van der Waals surface area (Å²) < 4.78 is 26.0. The fourth-order valence-electron chi connectivity index (χ4n) is 6.60. The van der Waals surface area contributed by atoms with E-state index in [-0.39, 0.29) is 42.0 Å². The number of ether oxygens (including phenoxy) is 2. The molecule has 2 aliphatic heterocycles. The Morgan fingerprint density at radius 3 is 2.60 bits per heavy atom. The van der Waals surface area contributed by atoms with Crippen molar-refractivity contribution in [2.45, 2.75) is 90.8 Å². The molecule has 1 aromatic rings. The summed E-state index contributed by atoms with van der Waals surface area (Å²) in [6.07, 6.45) is 8.05. The van der Waals surface area contributed by atoms with Crippen molar-refractivity contribution < 1.29 is 23.8 Å². The molecule has 8 unspecified atom stereocenters. The van der Waals surface area contributed by atoms with Crippen LogP contribution in [0, 0.1) is 41.3 Å². The SMILES string of the molecule is CC1CCC2C(C)C(CCC(=O)NC=Cc3ccc(F)cc3)OC3(O)OC(C)(C(C)C)CCC1C23. The van der Waals surface area contributed by atoms with E-state index >= 15 is 0 Å². The van der Waals surface area contributed by atoms with Gasteiger partial charge < -0.3 is 19.9 Å². The summed E-state index contributed by atoms with van der Waals surface area (Å²) in [4.78, 5) is 12.5. The quantitative estimate of drug-likeness (QED) is 0.526. The van der Waals surface area contributed by atoms with Crippen LogP contribution in [0.2, 0.25) is 0 Å². The van der Waals surface area contributed by atoms with E-state index in [4.69, 9.17) is 9.47 Å². The van der Waals surface area contributed by atoms with Crippen molar-refractivity contribution in [1.82, 2.24) is 5.32 Å². The summed E-state index contributed by atoms with van der Waals surface area (Å²) in [6, 6.07) is 6.08. The van der Waals surface area contributed by atoms with E-state index in [1.165, 1.54) is 12.1 Å². The molecule has 1 aromatic carbocycles. The molecule has 5 nitrogen and oxygen atoms in total. The Hall–Kier alpha value is -1.76. The molecule has 8 atom stereocenters. The summed E-state index contributed by atoms with van der Waals surface area (Å²) in [5.41, 5.74) is 0.355. The molecule has 2 N–H and O–H groups in total. The lowest BCUT2D eigenvalue weighted by atomic mass is 9.59. The van der Waals surface area contributed by atoms with E-state index in [0.29, 0.717) is 24.2 Å². The number of hydrogen-bond acceptors (Lipinski definition) is 4. The summed E-state index contributed by atoms with van der Waals surface area (Å²) in [5.74, 6) is -0.337. The van der Waals surface area contributed by atoms with Crippen LogP contribution in [-0.4, -0.2) is 28.7 Å². The van der Waals surface area contributed by atoms with Crippen LogP contribution in [0.15, 0.2) is 30.5 Å². The molecule has 0 aromatic heterocycles. The third-order valence-electron chi connectivity index (χ3n) is 9.23. The summed E-state index contributed by atoms with van der Waals surface area (Å²) in [7, 11) is 0. The molecule has 1 aliphatic carbocycles. The highest BCUT2D eigenvalue weighted by Crippen LogP contribution is 2.57. The minimum Gasteiger partial charge on any atom is -0.343 e. The predicted molar refractivity (Wildman–Crippen MR) is 134 cm³/mol. The topological polar surface area (TPSA) is 67.8 Å². The number of carbonyl (C=O) groups excluding carboxylic acids is 1. The molecule has 35 heavy (non-hydrogen) atoms. The van der Waals surface area contributed by atoms with Crippen LogP contribution in [0.25, 0.3) is 6.08 Å². The van der Waals surface area contributed by atoms with Crippen molar-refractivity contribution in [1.29, 1.82) is 0 Å². The van der Waals surface area contributed by atoms with E-state index in [0.717, 1.165) is 31.2 Å². The van der Waals surface area contributed by atoms with E-state index in [9.17, 15) is 14.3 Å². The van der Waals surface area contributed by atoms with Gasteiger partial charge in [0.15, 0.2) is 0 Å². The molecule has 1 saturated carbocycles. The minimum absolute atomic E-state index is 0.0365. The van der Waals surface area contributed by atoms with Gasteiger partial charge >= 0.3 is 0 Å². The molecule has 3 fully saturated rings. The Balaban J connectivity index is 1.44.